The van der Waals surface area contributed by atoms with E-state index in [0.29, 0.717) is 13.0 Å². The molecule has 4 nitrogen and oxygen atoms in total. The van der Waals surface area contributed by atoms with Gasteiger partial charge in [0.15, 0.2) is 0 Å². The Balaban J connectivity index is 1.79. The molecule has 1 unspecified atom stereocenters. The third-order valence-corrected chi connectivity index (χ3v) is 5.30. The largest absolute Gasteiger partial charge is 0.342 e. The van der Waals surface area contributed by atoms with Crippen LogP contribution in [0.3, 0.4) is 0 Å². The lowest BCUT2D eigenvalue weighted by Crippen LogP contribution is -2.24. The van der Waals surface area contributed by atoms with Gasteiger partial charge >= 0.3 is 0 Å². The number of imidazole rings is 1. The first-order valence-corrected chi connectivity index (χ1v) is 9.01. The second kappa shape index (κ2) is 6.52. The molecule has 1 aliphatic heterocycles. The van der Waals surface area contributed by atoms with Crippen LogP contribution in [0.25, 0.3) is 11.0 Å². The third kappa shape index (κ3) is 2.91. The number of likely N-dealkylation sites (tertiary alicyclic amines) is 1. The van der Waals surface area contributed by atoms with E-state index in [0.717, 1.165) is 40.5 Å². The minimum Gasteiger partial charge on any atom is -0.342 e. The highest BCUT2D eigenvalue weighted by Crippen LogP contribution is 2.31. The van der Waals surface area contributed by atoms with E-state index in [-0.39, 0.29) is 11.8 Å². The number of hydrogen-bond acceptors (Lipinski definition) is 2. The fraction of sp³-hybridized carbons (Fsp3) is 0.300. The van der Waals surface area contributed by atoms with E-state index in [9.17, 15) is 4.79 Å². The summed E-state index contributed by atoms with van der Waals surface area (Å²) in [4.78, 5) is 19.0. The monoisotopic (exact) mass is 353 g/mol. The molecule has 1 aromatic heterocycles. The number of likely N-dealkylation sites (N-methyl/N-ethyl adjacent to an activating group) is 1. The standard InChI is InChI=1S/C20H20ClN3O/c1-2-23-12-15(11-19(23)25)20-22-17-9-5-6-10-18(17)24(20)13-14-7-3-4-8-16(14)21/h3-10,15H,2,11-13H2,1H3. The van der Waals surface area contributed by atoms with Crippen LogP contribution in [0.4, 0.5) is 0 Å². The molecule has 0 aliphatic carbocycles. The van der Waals surface area contributed by atoms with Crippen molar-refractivity contribution in [1.82, 2.24) is 14.5 Å². The lowest BCUT2D eigenvalue weighted by atomic mass is 10.1. The predicted octanol–water partition coefficient (Wildman–Crippen LogP) is 4.07. The van der Waals surface area contributed by atoms with E-state index in [2.05, 4.69) is 10.6 Å². The number of fused-ring (bicyclic) bond motifs is 1. The summed E-state index contributed by atoms with van der Waals surface area (Å²) in [7, 11) is 0. The smallest absolute Gasteiger partial charge is 0.223 e. The van der Waals surface area contributed by atoms with Crippen molar-refractivity contribution in [3.05, 3.63) is 64.9 Å². The number of benzene rings is 2. The van der Waals surface area contributed by atoms with Gasteiger partial charge in [-0.1, -0.05) is 41.9 Å². The summed E-state index contributed by atoms with van der Waals surface area (Å²) in [6.07, 6.45) is 0.527. The number of nitrogens with zero attached hydrogens (tertiary/aromatic N) is 3. The highest BCUT2D eigenvalue weighted by atomic mass is 35.5. The van der Waals surface area contributed by atoms with Crippen molar-refractivity contribution in [2.75, 3.05) is 13.1 Å². The fourth-order valence-electron chi connectivity index (χ4n) is 3.62. The van der Waals surface area contributed by atoms with Gasteiger partial charge in [-0.15, -0.1) is 0 Å². The first kappa shape index (κ1) is 16.2. The Morgan fingerprint density at radius 2 is 1.92 bits per heavy atom. The summed E-state index contributed by atoms with van der Waals surface area (Å²) in [6.45, 7) is 4.17. The molecule has 25 heavy (non-hydrogen) atoms. The Morgan fingerprint density at radius 1 is 1.16 bits per heavy atom. The molecule has 0 N–H and O–H groups in total. The molecule has 0 spiro atoms. The van der Waals surface area contributed by atoms with Gasteiger partial charge in [-0.05, 0) is 30.7 Å². The Bertz CT molecular complexity index is 934. The zero-order valence-corrected chi connectivity index (χ0v) is 14.9. The molecule has 1 saturated heterocycles. The lowest BCUT2D eigenvalue weighted by Gasteiger charge is -2.16. The zero-order valence-electron chi connectivity index (χ0n) is 14.2. The molecule has 0 bridgehead atoms. The van der Waals surface area contributed by atoms with E-state index in [1.165, 1.54) is 0 Å². The molecular formula is C20H20ClN3O. The third-order valence-electron chi connectivity index (χ3n) is 4.93. The molecule has 3 aromatic rings. The van der Waals surface area contributed by atoms with Gasteiger partial charge in [0.25, 0.3) is 0 Å². The van der Waals surface area contributed by atoms with Gasteiger partial charge in [-0.3, -0.25) is 4.79 Å². The van der Waals surface area contributed by atoms with Gasteiger partial charge in [0.1, 0.15) is 5.82 Å². The van der Waals surface area contributed by atoms with Crippen LogP contribution in [0.15, 0.2) is 48.5 Å². The maximum atomic E-state index is 12.2. The molecule has 1 aliphatic rings. The Hall–Kier alpha value is -2.33. The van der Waals surface area contributed by atoms with Crippen LogP contribution in [0.2, 0.25) is 5.02 Å². The average molecular weight is 354 g/mol. The summed E-state index contributed by atoms with van der Waals surface area (Å²) >= 11 is 6.38. The molecule has 5 heteroatoms. The maximum absolute atomic E-state index is 12.2. The fourth-order valence-corrected chi connectivity index (χ4v) is 3.82. The van der Waals surface area contributed by atoms with E-state index < -0.39 is 0 Å². The second-order valence-electron chi connectivity index (χ2n) is 6.47. The first-order chi connectivity index (χ1) is 12.2. The maximum Gasteiger partial charge on any atom is 0.223 e. The van der Waals surface area contributed by atoms with Gasteiger partial charge in [0.05, 0.1) is 17.6 Å². The molecule has 0 radical (unpaired) electrons. The van der Waals surface area contributed by atoms with Crippen molar-refractivity contribution in [2.24, 2.45) is 0 Å². The Kier molecular flexibility index (Phi) is 4.22. The van der Waals surface area contributed by atoms with Gasteiger partial charge in [0.2, 0.25) is 5.91 Å². The van der Waals surface area contributed by atoms with Crippen LogP contribution in [-0.2, 0) is 11.3 Å². The van der Waals surface area contributed by atoms with Crippen molar-refractivity contribution in [3.63, 3.8) is 0 Å². The highest BCUT2D eigenvalue weighted by Gasteiger charge is 2.33. The van der Waals surface area contributed by atoms with Gasteiger partial charge in [-0.2, -0.15) is 0 Å². The molecule has 1 atom stereocenters. The van der Waals surface area contributed by atoms with Crippen LogP contribution in [-0.4, -0.2) is 33.4 Å². The van der Waals surface area contributed by atoms with Crippen molar-refractivity contribution in [3.8, 4) is 0 Å². The molecule has 2 aromatic carbocycles. The van der Waals surface area contributed by atoms with Crippen molar-refractivity contribution in [1.29, 1.82) is 0 Å². The number of halogens is 1. The van der Waals surface area contributed by atoms with Crippen molar-refractivity contribution < 1.29 is 4.79 Å². The molecular weight excluding hydrogens is 334 g/mol. The summed E-state index contributed by atoms with van der Waals surface area (Å²) in [5, 5.41) is 0.754. The van der Waals surface area contributed by atoms with E-state index in [1.807, 2.05) is 54.3 Å². The Labute approximate surface area is 152 Å². The minimum absolute atomic E-state index is 0.127. The predicted molar refractivity (Wildman–Crippen MR) is 99.9 cm³/mol. The highest BCUT2D eigenvalue weighted by molar-refractivity contribution is 6.31. The van der Waals surface area contributed by atoms with E-state index in [4.69, 9.17) is 16.6 Å². The number of rotatable bonds is 4. The Morgan fingerprint density at radius 3 is 2.68 bits per heavy atom. The van der Waals surface area contributed by atoms with E-state index in [1.54, 1.807) is 0 Å². The van der Waals surface area contributed by atoms with Gasteiger partial charge in [0, 0.05) is 30.5 Å². The molecule has 2 heterocycles. The van der Waals surface area contributed by atoms with Crippen molar-refractivity contribution in [2.45, 2.75) is 25.8 Å². The second-order valence-corrected chi connectivity index (χ2v) is 6.88. The molecule has 1 fully saturated rings. The molecule has 0 saturated carbocycles. The summed E-state index contributed by atoms with van der Waals surface area (Å²) in [5.41, 5.74) is 3.11. The van der Waals surface area contributed by atoms with Crippen LogP contribution in [0.1, 0.15) is 30.7 Å². The summed E-state index contributed by atoms with van der Waals surface area (Å²) in [5.74, 6) is 1.32. The normalized spacial score (nSPS) is 17.6. The van der Waals surface area contributed by atoms with E-state index >= 15 is 0 Å². The summed E-state index contributed by atoms with van der Waals surface area (Å²) < 4.78 is 2.22. The molecule has 4 rings (SSSR count). The van der Waals surface area contributed by atoms with Crippen LogP contribution < -0.4 is 0 Å². The lowest BCUT2D eigenvalue weighted by molar-refractivity contribution is -0.127. The number of para-hydroxylation sites is 2. The SMILES string of the molecule is CCN1CC(c2nc3ccccc3n2Cc2ccccc2Cl)CC1=O. The number of hydrogen-bond donors (Lipinski definition) is 0. The number of carbonyl (C=O) groups is 1. The number of aromatic nitrogens is 2. The summed E-state index contributed by atoms with van der Waals surface area (Å²) in [6, 6.07) is 16.0. The number of amides is 1. The topological polar surface area (TPSA) is 38.1 Å². The molecule has 128 valence electrons. The van der Waals surface area contributed by atoms with Crippen LogP contribution in [0, 0.1) is 0 Å². The number of carbonyl (C=O) groups excluding carboxylic acids is 1. The quantitative estimate of drug-likeness (QED) is 0.709. The average Bonchev–Trinajstić information content (AvgIpc) is 3.17. The van der Waals surface area contributed by atoms with Crippen LogP contribution >= 0.6 is 11.6 Å². The zero-order chi connectivity index (χ0) is 17.4. The van der Waals surface area contributed by atoms with Crippen molar-refractivity contribution >= 4 is 28.5 Å². The van der Waals surface area contributed by atoms with Gasteiger partial charge in [-0.25, -0.2) is 4.98 Å². The first-order valence-electron chi connectivity index (χ1n) is 8.63. The van der Waals surface area contributed by atoms with Gasteiger partial charge < -0.3 is 9.47 Å². The molecule has 1 amide bonds. The van der Waals surface area contributed by atoms with Crippen LogP contribution in [0.5, 0.6) is 0 Å². The minimum atomic E-state index is 0.127.